The first-order valence-corrected chi connectivity index (χ1v) is 25.3. The van der Waals surface area contributed by atoms with Gasteiger partial charge in [-0.05, 0) is 124 Å². The molecule has 74 heavy (non-hydrogen) atoms. The molecular formula is C57H63N11O6. The van der Waals surface area contributed by atoms with Gasteiger partial charge in [0.25, 0.3) is 17.4 Å². The molecule has 0 atom stereocenters. The number of benzene rings is 3. The van der Waals surface area contributed by atoms with Crippen molar-refractivity contribution in [3.05, 3.63) is 140 Å². The smallest absolute Gasteiger partial charge is 0.336 e. The zero-order valence-electron chi connectivity index (χ0n) is 43.1. The van der Waals surface area contributed by atoms with Gasteiger partial charge in [-0.2, -0.15) is 5.10 Å². The summed E-state index contributed by atoms with van der Waals surface area (Å²) in [5.74, 6) is -0.273. The van der Waals surface area contributed by atoms with Crippen LogP contribution in [0.1, 0.15) is 94.0 Å². The van der Waals surface area contributed by atoms with Gasteiger partial charge >= 0.3 is 5.97 Å². The highest BCUT2D eigenvalue weighted by atomic mass is 16.4. The number of aryl methyl sites for hydroxylation is 2. The number of rotatable bonds is 17. The molecule has 0 bridgehead atoms. The van der Waals surface area contributed by atoms with Gasteiger partial charge in [0.2, 0.25) is 0 Å². The van der Waals surface area contributed by atoms with E-state index in [9.17, 15) is 24.3 Å². The number of carboxylic acids is 1. The third-order valence-corrected chi connectivity index (χ3v) is 13.8. The number of hydrogen-bond acceptors (Lipinski definition) is 12. The van der Waals surface area contributed by atoms with Crippen molar-refractivity contribution < 1.29 is 23.9 Å². The predicted molar refractivity (Wildman–Crippen MR) is 289 cm³/mol. The Bertz CT molecular complexity index is 3490. The van der Waals surface area contributed by atoms with Crippen molar-refractivity contribution in [3.63, 3.8) is 0 Å². The van der Waals surface area contributed by atoms with Crippen LogP contribution in [-0.4, -0.2) is 113 Å². The molecule has 17 heteroatoms. The fourth-order valence-electron chi connectivity index (χ4n) is 9.81. The van der Waals surface area contributed by atoms with Crippen LogP contribution in [0.5, 0.6) is 0 Å². The Morgan fingerprint density at radius 3 is 2.41 bits per heavy atom. The topological polar surface area (TPSA) is 207 Å². The number of pyridine rings is 3. The molecule has 2 aromatic carbocycles. The molecule has 6 heterocycles. The summed E-state index contributed by atoms with van der Waals surface area (Å²) >= 11 is 0. The van der Waals surface area contributed by atoms with Crippen molar-refractivity contribution in [2.45, 2.75) is 66.0 Å². The number of nitrogens with one attached hydrogen (secondary N) is 3. The van der Waals surface area contributed by atoms with Gasteiger partial charge in [0.05, 0.1) is 33.8 Å². The number of aromatic amines is 1. The second-order valence-electron chi connectivity index (χ2n) is 19.4. The Morgan fingerprint density at radius 1 is 0.878 bits per heavy atom. The lowest BCUT2D eigenvalue weighted by atomic mass is 9.89. The second kappa shape index (κ2) is 21.9. The van der Waals surface area contributed by atoms with Crippen molar-refractivity contribution in [3.8, 4) is 33.7 Å². The number of hydrogen-bond donors (Lipinski definition) is 4. The van der Waals surface area contributed by atoms with Crippen LogP contribution in [0.4, 0.5) is 11.5 Å². The molecule has 17 nitrogen and oxygen atoms in total. The molecule has 382 valence electrons. The van der Waals surface area contributed by atoms with Crippen LogP contribution in [0, 0.1) is 6.92 Å². The molecule has 0 radical (unpaired) electrons. The number of carbonyl (C=O) groups excluding carboxylic acids is 2. The predicted octanol–water partition coefficient (Wildman–Crippen LogP) is 8.10. The number of carbonyl (C=O) groups is 3. The number of unbranched alkanes of at least 4 members (excludes halogenated alkanes) is 1. The standard InChI is InChI=1S/C57H63N11O6/c1-8-11-36-26-35(4)63-56(71)46(36)32-61-55(70)45-30-48(64-53-47(45)33-62-68(53)34(2)3)38-13-19-51(60-31-38)67-24-22-66(23-25-67)21-10-9-20-59-54(69)37-12-16-41(57(72)73)44(27-37)52-42-17-14-39(58-5)28-49(42)74-50-29-40(65(6)7)15-18-43(50)52/h12-19,26-31,33-34H,8-11,20-25,32H2,1-7H3,(H,59,69)(H,61,70)(H,63,71)(H,72,73). The van der Waals surface area contributed by atoms with Crippen LogP contribution in [0.3, 0.4) is 0 Å². The normalized spacial score (nSPS) is 13.4. The fourth-order valence-corrected chi connectivity index (χ4v) is 9.81. The number of aromatic nitrogens is 5. The molecular weight excluding hydrogens is 935 g/mol. The summed E-state index contributed by atoms with van der Waals surface area (Å²) in [6.45, 7) is 12.7. The monoisotopic (exact) mass is 997 g/mol. The van der Waals surface area contributed by atoms with Crippen molar-refractivity contribution in [2.75, 3.05) is 70.2 Å². The number of amides is 2. The first kappa shape index (κ1) is 50.7. The third kappa shape index (κ3) is 10.6. The Hall–Kier alpha value is -8.18. The number of nitrogens with zero attached hydrogens (tertiary/aromatic N) is 8. The maximum atomic E-state index is 13.9. The van der Waals surface area contributed by atoms with Crippen LogP contribution in [0.25, 0.3) is 55.7 Å². The van der Waals surface area contributed by atoms with Crippen molar-refractivity contribution in [1.82, 2.24) is 40.3 Å². The van der Waals surface area contributed by atoms with E-state index < -0.39 is 5.97 Å². The number of aromatic carboxylic acids is 1. The van der Waals surface area contributed by atoms with Gasteiger partial charge < -0.3 is 34.9 Å². The van der Waals surface area contributed by atoms with Crippen LogP contribution in [0.15, 0.2) is 105 Å². The number of H-pyrrole nitrogens is 1. The number of fused-ring (bicyclic) bond motifs is 3. The first-order valence-electron chi connectivity index (χ1n) is 25.3. The molecule has 0 spiro atoms. The number of piperazine rings is 1. The van der Waals surface area contributed by atoms with Gasteiger partial charge in [-0.1, -0.05) is 13.3 Å². The maximum Gasteiger partial charge on any atom is 0.336 e. The van der Waals surface area contributed by atoms with E-state index in [1.807, 2.05) is 99.0 Å². The van der Waals surface area contributed by atoms with E-state index in [-0.39, 0.29) is 35.5 Å². The van der Waals surface area contributed by atoms with Crippen LogP contribution in [-0.2, 0) is 13.0 Å². The van der Waals surface area contributed by atoms with Crippen molar-refractivity contribution >= 4 is 51.3 Å². The molecule has 3 aliphatic rings. The second-order valence-corrected chi connectivity index (χ2v) is 19.4. The van der Waals surface area contributed by atoms with Crippen LogP contribution >= 0.6 is 0 Å². The summed E-state index contributed by atoms with van der Waals surface area (Å²) < 4.78 is 8.20. The molecule has 0 saturated carbocycles. The molecule has 6 aromatic rings. The van der Waals surface area contributed by atoms with Gasteiger partial charge in [0.1, 0.15) is 17.2 Å². The Labute approximate surface area is 429 Å². The minimum Gasteiger partial charge on any atom is -0.478 e. The molecule has 0 unspecified atom stereocenters. The van der Waals surface area contributed by atoms with Gasteiger partial charge in [-0.15, -0.1) is 0 Å². The van der Waals surface area contributed by atoms with Crippen molar-refractivity contribution in [1.29, 1.82) is 0 Å². The Kier molecular flexibility index (Phi) is 15.0. The average Bonchev–Trinajstić information content (AvgIpc) is 3.84. The summed E-state index contributed by atoms with van der Waals surface area (Å²) in [5, 5.41) is 23.1. The quantitative estimate of drug-likeness (QED) is 0.0504. The molecule has 2 aliphatic heterocycles. The molecule has 9 rings (SSSR count). The highest BCUT2D eigenvalue weighted by molar-refractivity contribution is 6.10. The van der Waals surface area contributed by atoms with Gasteiger partial charge in [-0.3, -0.25) is 24.3 Å². The van der Waals surface area contributed by atoms with Crippen molar-refractivity contribution in [2.24, 2.45) is 4.99 Å². The highest BCUT2D eigenvalue weighted by Gasteiger charge is 2.25. The number of anilines is 2. The molecule has 4 N–H and O–H groups in total. The SMILES string of the molecule is CCCc1cc(C)[nH]c(=O)c1CNC(=O)c1cc(-c2ccc(N3CCN(CCCCNC(=O)c4ccc(C(=O)O)c(-c5c6ccc(=NC)cc-6oc6cc(N(C)C)ccc56)c4)CC3)nc2)nc2c1cnn2C(C)C. The summed E-state index contributed by atoms with van der Waals surface area (Å²) in [6, 6.07) is 23.9. The maximum absolute atomic E-state index is 13.9. The summed E-state index contributed by atoms with van der Waals surface area (Å²) in [5.41, 5.74) is 8.24. The zero-order valence-corrected chi connectivity index (χ0v) is 43.1. The average molecular weight is 998 g/mol. The van der Waals surface area contributed by atoms with Gasteiger partial charge in [-0.25, -0.2) is 19.4 Å². The highest BCUT2D eigenvalue weighted by Crippen LogP contribution is 2.42. The van der Waals surface area contributed by atoms with E-state index in [4.69, 9.17) is 14.4 Å². The van der Waals surface area contributed by atoms with E-state index in [0.29, 0.717) is 68.0 Å². The first-order chi connectivity index (χ1) is 35.7. The van der Waals surface area contributed by atoms with Gasteiger partial charge in [0.15, 0.2) is 5.65 Å². The molecule has 1 saturated heterocycles. The van der Waals surface area contributed by atoms with Crippen LogP contribution < -0.4 is 31.3 Å². The number of carboxylic acid groups (broad SMARTS) is 1. The molecule has 2 amide bonds. The van der Waals surface area contributed by atoms with E-state index in [0.717, 1.165) is 97.5 Å². The van der Waals surface area contributed by atoms with Gasteiger partial charge in [0, 0.05) is 129 Å². The zero-order chi connectivity index (χ0) is 52.2. The lowest BCUT2D eigenvalue weighted by Gasteiger charge is -2.35. The molecule has 4 aromatic heterocycles. The third-order valence-electron chi connectivity index (χ3n) is 13.8. The minimum atomic E-state index is -1.10. The molecule has 1 aliphatic carbocycles. The van der Waals surface area contributed by atoms with E-state index in [1.54, 1.807) is 37.6 Å². The molecule has 1 fully saturated rings. The summed E-state index contributed by atoms with van der Waals surface area (Å²) in [7, 11) is 5.59. The minimum absolute atomic E-state index is 0.00613. The Morgan fingerprint density at radius 2 is 1.69 bits per heavy atom. The Balaban J connectivity index is 0.812. The fraction of sp³-hybridized carbons (Fsp3) is 0.333. The summed E-state index contributed by atoms with van der Waals surface area (Å²) in [4.78, 5) is 76.9. The lowest BCUT2D eigenvalue weighted by Crippen LogP contribution is -2.47. The lowest BCUT2D eigenvalue weighted by molar-refractivity contribution is 0.0696. The van der Waals surface area contributed by atoms with E-state index >= 15 is 0 Å². The van der Waals surface area contributed by atoms with E-state index in [2.05, 4.69) is 42.4 Å². The van der Waals surface area contributed by atoms with E-state index in [1.165, 1.54) is 6.07 Å². The van der Waals surface area contributed by atoms with Crippen LogP contribution in [0.2, 0.25) is 0 Å². The largest absolute Gasteiger partial charge is 0.478 e. The summed E-state index contributed by atoms with van der Waals surface area (Å²) in [6.07, 6.45) is 6.76.